The Bertz CT molecular complexity index is 661. The molecule has 1 N–H and O–H groups in total. The molecule has 0 unspecified atom stereocenters. The molecule has 0 atom stereocenters. The molecule has 20 heavy (non-hydrogen) atoms. The first-order valence-electron chi connectivity index (χ1n) is 6.11. The third kappa shape index (κ3) is 2.44. The van der Waals surface area contributed by atoms with Gasteiger partial charge in [-0.25, -0.2) is 4.79 Å². The molecule has 0 spiro atoms. The minimum Gasteiger partial charge on any atom is -0.306 e. The minimum absolute atomic E-state index is 0.199. The van der Waals surface area contributed by atoms with E-state index < -0.39 is 0 Å². The summed E-state index contributed by atoms with van der Waals surface area (Å²) in [7, 11) is 0. The van der Waals surface area contributed by atoms with E-state index in [1.807, 2.05) is 6.07 Å². The van der Waals surface area contributed by atoms with Crippen LogP contribution in [0.15, 0.2) is 36.7 Å². The van der Waals surface area contributed by atoms with E-state index in [4.69, 9.17) is 23.2 Å². The zero-order valence-electron chi connectivity index (χ0n) is 10.4. The van der Waals surface area contributed by atoms with Crippen LogP contribution in [0.3, 0.4) is 0 Å². The van der Waals surface area contributed by atoms with Gasteiger partial charge in [-0.05, 0) is 36.2 Å². The molecule has 1 aromatic carbocycles. The number of hydrogen-bond acceptors (Lipinski definition) is 2. The van der Waals surface area contributed by atoms with E-state index in [2.05, 4.69) is 10.3 Å². The van der Waals surface area contributed by atoms with Gasteiger partial charge >= 0.3 is 6.03 Å². The van der Waals surface area contributed by atoms with Crippen LogP contribution in [0.5, 0.6) is 0 Å². The number of hydrogen-bond donors (Lipinski definition) is 1. The van der Waals surface area contributed by atoms with E-state index in [1.165, 1.54) is 0 Å². The number of amides is 2. The monoisotopic (exact) mass is 307 g/mol. The van der Waals surface area contributed by atoms with Gasteiger partial charge in [-0.3, -0.25) is 9.88 Å². The predicted molar refractivity (Wildman–Crippen MR) is 80.8 cm³/mol. The van der Waals surface area contributed by atoms with Crippen LogP contribution >= 0.6 is 23.2 Å². The third-order valence-electron chi connectivity index (χ3n) is 3.18. The first-order valence-corrected chi connectivity index (χ1v) is 6.87. The van der Waals surface area contributed by atoms with Gasteiger partial charge in [0.05, 0.1) is 27.6 Å². The summed E-state index contributed by atoms with van der Waals surface area (Å²) in [6.45, 7) is 0.609. The van der Waals surface area contributed by atoms with E-state index in [9.17, 15) is 4.79 Å². The second-order valence-electron chi connectivity index (χ2n) is 4.47. The molecule has 0 bridgehead atoms. The minimum atomic E-state index is -0.199. The van der Waals surface area contributed by atoms with Crippen LogP contribution in [0.2, 0.25) is 10.0 Å². The molecule has 3 rings (SSSR count). The Kier molecular flexibility index (Phi) is 3.51. The smallest absolute Gasteiger partial charge is 0.306 e. The number of nitrogens with one attached hydrogen (secondary N) is 1. The molecule has 0 saturated heterocycles. The molecular weight excluding hydrogens is 297 g/mol. The molecule has 102 valence electrons. The maximum Gasteiger partial charge on any atom is 0.326 e. The molecule has 0 fully saturated rings. The van der Waals surface area contributed by atoms with Crippen molar-refractivity contribution in [3.05, 3.63) is 52.3 Å². The topological polar surface area (TPSA) is 45.2 Å². The molecule has 1 aromatic heterocycles. The van der Waals surface area contributed by atoms with Crippen molar-refractivity contribution in [3.63, 3.8) is 0 Å². The lowest BCUT2D eigenvalue weighted by molar-refractivity contribution is 0.257. The van der Waals surface area contributed by atoms with Crippen LogP contribution in [0.1, 0.15) is 5.56 Å². The highest BCUT2D eigenvalue weighted by atomic mass is 35.5. The summed E-state index contributed by atoms with van der Waals surface area (Å²) in [4.78, 5) is 17.9. The lowest BCUT2D eigenvalue weighted by Crippen LogP contribution is -2.33. The average molecular weight is 308 g/mol. The molecule has 0 saturated carbocycles. The van der Waals surface area contributed by atoms with Gasteiger partial charge in [-0.15, -0.1) is 0 Å². The van der Waals surface area contributed by atoms with Gasteiger partial charge in [0.25, 0.3) is 0 Å². The second-order valence-corrected chi connectivity index (χ2v) is 5.28. The van der Waals surface area contributed by atoms with Crippen molar-refractivity contribution >= 4 is 40.6 Å². The summed E-state index contributed by atoms with van der Waals surface area (Å²) in [6, 6.07) is 6.90. The lowest BCUT2D eigenvalue weighted by Gasteiger charge is -2.18. The molecule has 2 amide bonds. The van der Waals surface area contributed by atoms with Crippen LogP contribution in [-0.2, 0) is 6.42 Å². The number of pyridine rings is 1. The number of anilines is 2. The van der Waals surface area contributed by atoms with E-state index >= 15 is 0 Å². The van der Waals surface area contributed by atoms with Crippen molar-refractivity contribution in [1.29, 1.82) is 0 Å². The fraction of sp³-hybridized carbons (Fsp3) is 0.143. The summed E-state index contributed by atoms with van der Waals surface area (Å²) in [5.41, 5.74) is 2.49. The zero-order valence-corrected chi connectivity index (χ0v) is 11.9. The maximum absolute atomic E-state index is 12.3. The fourth-order valence-electron chi connectivity index (χ4n) is 2.22. The quantitative estimate of drug-likeness (QED) is 0.866. The van der Waals surface area contributed by atoms with Crippen LogP contribution in [0, 0.1) is 0 Å². The molecule has 2 aromatic rings. The Balaban J connectivity index is 1.84. The normalized spacial score (nSPS) is 13.2. The summed E-state index contributed by atoms with van der Waals surface area (Å²) >= 11 is 12.0. The largest absolute Gasteiger partial charge is 0.326 e. The second kappa shape index (κ2) is 5.31. The van der Waals surface area contributed by atoms with Crippen LogP contribution in [0.4, 0.5) is 16.2 Å². The van der Waals surface area contributed by atoms with Gasteiger partial charge in [-0.1, -0.05) is 23.2 Å². The number of benzene rings is 1. The van der Waals surface area contributed by atoms with E-state index in [0.29, 0.717) is 22.3 Å². The van der Waals surface area contributed by atoms with Crippen molar-refractivity contribution in [2.24, 2.45) is 0 Å². The standard InChI is InChI=1S/C14H11Cl2N3O/c15-11-6-9-3-5-19(13(9)7-12(11)16)14(20)18-10-2-1-4-17-8-10/h1-2,4,6-8H,3,5H2,(H,18,20). The van der Waals surface area contributed by atoms with Gasteiger partial charge < -0.3 is 5.32 Å². The lowest BCUT2D eigenvalue weighted by atomic mass is 10.2. The maximum atomic E-state index is 12.3. The van der Waals surface area contributed by atoms with Crippen molar-refractivity contribution in [2.45, 2.75) is 6.42 Å². The number of aromatic nitrogens is 1. The number of nitrogens with zero attached hydrogens (tertiary/aromatic N) is 2. The SMILES string of the molecule is O=C(Nc1cccnc1)N1CCc2cc(Cl)c(Cl)cc21. The Labute approximate surface area is 126 Å². The molecule has 6 heteroatoms. The number of rotatable bonds is 1. The predicted octanol–water partition coefficient (Wildman–Crippen LogP) is 3.98. The highest BCUT2D eigenvalue weighted by molar-refractivity contribution is 6.42. The summed E-state index contributed by atoms with van der Waals surface area (Å²) in [5.74, 6) is 0. The first-order chi connectivity index (χ1) is 9.65. The van der Waals surface area contributed by atoms with Crippen LogP contribution < -0.4 is 10.2 Å². The van der Waals surface area contributed by atoms with Crippen molar-refractivity contribution in [1.82, 2.24) is 4.98 Å². The fourth-order valence-corrected chi connectivity index (χ4v) is 2.56. The molecule has 0 radical (unpaired) electrons. The van der Waals surface area contributed by atoms with Gasteiger partial charge in [0.1, 0.15) is 0 Å². The first kappa shape index (κ1) is 13.2. The third-order valence-corrected chi connectivity index (χ3v) is 3.90. The van der Waals surface area contributed by atoms with Crippen LogP contribution in [-0.4, -0.2) is 17.6 Å². The van der Waals surface area contributed by atoms with Gasteiger partial charge in [0, 0.05) is 12.7 Å². The summed E-state index contributed by atoms with van der Waals surface area (Å²) in [6.07, 6.45) is 4.03. The van der Waals surface area contributed by atoms with Gasteiger partial charge in [0.15, 0.2) is 0 Å². The van der Waals surface area contributed by atoms with Crippen LogP contribution in [0.25, 0.3) is 0 Å². The Morgan fingerprint density at radius 1 is 1.30 bits per heavy atom. The van der Waals surface area contributed by atoms with E-state index in [1.54, 1.807) is 35.5 Å². The van der Waals surface area contributed by atoms with E-state index in [0.717, 1.165) is 17.7 Å². The van der Waals surface area contributed by atoms with Gasteiger partial charge in [-0.2, -0.15) is 0 Å². The Hall–Kier alpha value is -1.78. The molecule has 0 aliphatic carbocycles. The molecule has 4 nitrogen and oxygen atoms in total. The molecule has 2 heterocycles. The number of halogens is 2. The summed E-state index contributed by atoms with van der Waals surface area (Å²) in [5, 5.41) is 3.77. The highest BCUT2D eigenvalue weighted by Crippen LogP contribution is 2.35. The number of carbonyl (C=O) groups excluding carboxylic acids is 1. The summed E-state index contributed by atoms with van der Waals surface area (Å²) < 4.78 is 0. The number of fused-ring (bicyclic) bond motifs is 1. The zero-order chi connectivity index (χ0) is 14.1. The number of urea groups is 1. The Morgan fingerprint density at radius 2 is 2.10 bits per heavy atom. The number of carbonyl (C=O) groups is 1. The Morgan fingerprint density at radius 3 is 2.85 bits per heavy atom. The van der Waals surface area contributed by atoms with Crippen molar-refractivity contribution < 1.29 is 4.79 Å². The molecule has 1 aliphatic rings. The molecular formula is C14H11Cl2N3O. The van der Waals surface area contributed by atoms with Crippen molar-refractivity contribution in [2.75, 3.05) is 16.8 Å². The average Bonchev–Trinajstić information content (AvgIpc) is 2.83. The van der Waals surface area contributed by atoms with Gasteiger partial charge in [0.2, 0.25) is 0 Å². The van der Waals surface area contributed by atoms with E-state index in [-0.39, 0.29) is 6.03 Å². The highest BCUT2D eigenvalue weighted by Gasteiger charge is 2.25. The molecule has 1 aliphatic heterocycles. The van der Waals surface area contributed by atoms with Crippen molar-refractivity contribution in [3.8, 4) is 0 Å².